The van der Waals surface area contributed by atoms with E-state index in [4.69, 9.17) is 10.5 Å². The molecule has 1 aliphatic carbocycles. The zero-order valence-electron chi connectivity index (χ0n) is 17.2. The number of nitrogens with zero attached hydrogens (tertiary/aromatic N) is 2. The summed E-state index contributed by atoms with van der Waals surface area (Å²) in [7, 11) is 1.62. The van der Waals surface area contributed by atoms with Gasteiger partial charge in [-0.25, -0.2) is 4.79 Å². The van der Waals surface area contributed by atoms with E-state index in [0.717, 1.165) is 37.9 Å². The van der Waals surface area contributed by atoms with E-state index in [9.17, 15) is 14.7 Å². The van der Waals surface area contributed by atoms with E-state index in [-0.39, 0.29) is 17.6 Å². The third kappa shape index (κ3) is 3.27. The van der Waals surface area contributed by atoms with Gasteiger partial charge in [-0.3, -0.25) is 4.79 Å². The van der Waals surface area contributed by atoms with Crippen LogP contribution in [-0.2, 0) is 0 Å². The first kappa shape index (κ1) is 19.8. The molecule has 1 aliphatic heterocycles. The number of aromatic carboxylic acids is 1. The number of hydrogen-bond donors (Lipinski definition) is 2. The number of carboxylic acids is 1. The smallest absolute Gasteiger partial charge is 0.341 e. The second kappa shape index (κ2) is 7.37. The zero-order valence-corrected chi connectivity index (χ0v) is 17.2. The largest absolute Gasteiger partial charge is 0.492 e. The highest BCUT2D eigenvalue weighted by Crippen LogP contribution is 2.44. The van der Waals surface area contributed by atoms with Crippen LogP contribution in [0.25, 0.3) is 10.9 Å². The first-order valence-electron chi connectivity index (χ1n) is 10.4. The van der Waals surface area contributed by atoms with Crippen molar-refractivity contribution < 1.29 is 14.6 Å². The summed E-state index contributed by atoms with van der Waals surface area (Å²) in [6.07, 6.45) is 5.46. The lowest BCUT2D eigenvalue weighted by Crippen LogP contribution is -2.31. The molecule has 156 valence electrons. The van der Waals surface area contributed by atoms with Crippen molar-refractivity contribution in [2.75, 3.05) is 18.6 Å². The van der Waals surface area contributed by atoms with Gasteiger partial charge in [0.2, 0.25) is 5.43 Å². The van der Waals surface area contributed by atoms with Gasteiger partial charge in [-0.1, -0.05) is 6.92 Å². The van der Waals surface area contributed by atoms with Crippen molar-refractivity contribution in [1.29, 1.82) is 0 Å². The van der Waals surface area contributed by atoms with Gasteiger partial charge in [-0.05, 0) is 50.7 Å². The van der Waals surface area contributed by atoms with E-state index in [1.807, 2.05) is 10.6 Å². The van der Waals surface area contributed by atoms with Crippen molar-refractivity contribution in [3.05, 3.63) is 34.1 Å². The molecule has 2 aliphatic rings. The lowest BCUT2D eigenvalue weighted by atomic mass is 9.98. The maximum atomic E-state index is 12.8. The van der Waals surface area contributed by atoms with Gasteiger partial charge < -0.3 is 25.0 Å². The summed E-state index contributed by atoms with van der Waals surface area (Å²) in [5, 5.41) is 9.89. The van der Waals surface area contributed by atoms with Crippen molar-refractivity contribution in [2.24, 2.45) is 11.7 Å². The average Bonchev–Trinajstić information content (AvgIpc) is 3.44. The van der Waals surface area contributed by atoms with Crippen LogP contribution in [0, 0.1) is 5.92 Å². The number of fused-ring (bicyclic) bond motifs is 1. The fourth-order valence-corrected chi connectivity index (χ4v) is 4.64. The van der Waals surface area contributed by atoms with Crippen LogP contribution >= 0.6 is 0 Å². The highest BCUT2D eigenvalue weighted by Gasteiger charge is 2.36. The van der Waals surface area contributed by atoms with Crippen LogP contribution in [0.3, 0.4) is 0 Å². The molecular weight excluding hydrogens is 370 g/mol. The SMILES string of the molecule is CCC1C[C@@H](C(C)N)CN1c1ccc2c(=O)c(C(=O)O)cn(C3CC3)c2c1OC. The Morgan fingerprint density at radius 2 is 2.10 bits per heavy atom. The molecule has 2 aromatic rings. The molecule has 1 aromatic carbocycles. The van der Waals surface area contributed by atoms with Crippen LogP contribution in [0.2, 0.25) is 0 Å². The van der Waals surface area contributed by atoms with E-state index < -0.39 is 11.4 Å². The fraction of sp³-hybridized carbons (Fsp3) is 0.545. The molecule has 0 amide bonds. The normalized spacial score (nSPS) is 22.8. The first-order chi connectivity index (χ1) is 13.9. The maximum absolute atomic E-state index is 12.8. The lowest BCUT2D eigenvalue weighted by Gasteiger charge is -2.29. The van der Waals surface area contributed by atoms with Crippen molar-refractivity contribution in [2.45, 2.75) is 57.7 Å². The zero-order chi connectivity index (χ0) is 20.9. The number of pyridine rings is 1. The molecule has 1 saturated carbocycles. The van der Waals surface area contributed by atoms with Crippen molar-refractivity contribution in [3.63, 3.8) is 0 Å². The molecule has 0 bridgehead atoms. The number of hydrogen-bond acceptors (Lipinski definition) is 5. The third-order valence-electron chi connectivity index (χ3n) is 6.47. The Morgan fingerprint density at radius 1 is 1.38 bits per heavy atom. The summed E-state index contributed by atoms with van der Waals surface area (Å²) in [6, 6.07) is 4.34. The van der Waals surface area contributed by atoms with E-state index in [1.165, 1.54) is 6.20 Å². The molecule has 4 rings (SSSR count). The lowest BCUT2D eigenvalue weighted by molar-refractivity contribution is 0.0695. The van der Waals surface area contributed by atoms with Crippen molar-refractivity contribution in [1.82, 2.24) is 4.57 Å². The minimum absolute atomic E-state index is 0.114. The van der Waals surface area contributed by atoms with Gasteiger partial charge in [0, 0.05) is 30.9 Å². The quantitative estimate of drug-likeness (QED) is 0.775. The number of nitrogens with two attached hydrogens (primary N) is 1. The molecule has 2 fully saturated rings. The second-order valence-electron chi connectivity index (χ2n) is 8.40. The number of ether oxygens (including phenoxy) is 1. The van der Waals surface area contributed by atoms with Gasteiger partial charge in [-0.2, -0.15) is 0 Å². The van der Waals surface area contributed by atoms with Crippen LogP contribution in [0.15, 0.2) is 23.1 Å². The van der Waals surface area contributed by atoms with Crippen LogP contribution in [0.4, 0.5) is 5.69 Å². The van der Waals surface area contributed by atoms with E-state index >= 15 is 0 Å². The minimum Gasteiger partial charge on any atom is -0.492 e. The first-order valence-corrected chi connectivity index (χ1v) is 10.4. The summed E-state index contributed by atoms with van der Waals surface area (Å²) in [5.41, 5.74) is 7.19. The number of aromatic nitrogens is 1. The molecular formula is C22H29N3O4. The highest BCUT2D eigenvalue weighted by molar-refractivity contribution is 5.97. The molecule has 7 heteroatoms. The minimum atomic E-state index is -1.19. The van der Waals surface area contributed by atoms with Crippen molar-refractivity contribution >= 4 is 22.6 Å². The van der Waals surface area contributed by atoms with Gasteiger partial charge in [0.25, 0.3) is 0 Å². The van der Waals surface area contributed by atoms with Crippen LogP contribution in [-0.4, -0.2) is 41.4 Å². The number of carbonyl (C=O) groups is 1. The van der Waals surface area contributed by atoms with Gasteiger partial charge in [0.15, 0.2) is 5.75 Å². The number of benzene rings is 1. The molecule has 1 aromatic heterocycles. The van der Waals surface area contributed by atoms with E-state index in [1.54, 1.807) is 13.2 Å². The topological polar surface area (TPSA) is 97.8 Å². The molecule has 3 atom stereocenters. The Kier molecular flexibility index (Phi) is 5.02. The summed E-state index contributed by atoms with van der Waals surface area (Å²) in [5.74, 6) is -0.146. The predicted molar refractivity (Wildman–Crippen MR) is 113 cm³/mol. The monoisotopic (exact) mass is 399 g/mol. The summed E-state index contributed by atoms with van der Waals surface area (Å²) >= 11 is 0. The molecule has 7 nitrogen and oxygen atoms in total. The number of methoxy groups -OCH3 is 1. The van der Waals surface area contributed by atoms with E-state index in [2.05, 4.69) is 18.7 Å². The summed E-state index contributed by atoms with van der Waals surface area (Å²) in [6.45, 7) is 5.07. The highest BCUT2D eigenvalue weighted by atomic mass is 16.5. The Hall–Kier alpha value is -2.54. The van der Waals surface area contributed by atoms with Gasteiger partial charge in [0.1, 0.15) is 5.56 Å². The van der Waals surface area contributed by atoms with E-state index in [0.29, 0.717) is 28.6 Å². The van der Waals surface area contributed by atoms with Crippen LogP contribution in [0.5, 0.6) is 5.75 Å². The fourth-order valence-electron chi connectivity index (χ4n) is 4.64. The molecule has 0 spiro atoms. The molecule has 2 heterocycles. The third-order valence-corrected chi connectivity index (χ3v) is 6.47. The van der Waals surface area contributed by atoms with Gasteiger partial charge in [0.05, 0.1) is 23.7 Å². The molecule has 3 N–H and O–H groups in total. The number of anilines is 1. The Balaban J connectivity index is 1.93. The van der Waals surface area contributed by atoms with Crippen molar-refractivity contribution in [3.8, 4) is 5.75 Å². The predicted octanol–water partition coefficient (Wildman–Crippen LogP) is 3.00. The average molecular weight is 399 g/mol. The van der Waals surface area contributed by atoms with Crippen LogP contribution in [0.1, 0.15) is 55.9 Å². The summed E-state index contributed by atoms with van der Waals surface area (Å²) in [4.78, 5) is 26.8. The molecule has 29 heavy (non-hydrogen) atoms. The number of carboxylic acid groups (broad SMARTS) is 1. The molecule has 0 radical (unpaired) electrons. The Morgan fingerprint density at radius 3 is 2.66 bits per heavy atom. The Bertz CT molecular complexity index is 1010. The molecule has 1 saturated heterocycles. The van der Waals surface area contributed by atoms with Crippen LogP contribution < -0.4 is 20.8 Å². The van der Waals surface area contributed by atoms with Gasteiger partial charge >= 0.3 is 5.97 Å². The second-order valence-corrected chi connectivity index (χ2v) is 8.40. The summed E-state index contributed by atoms with van der Waals surface area (Å²) < 4.78 is 7.79. The Labute approximate surface area is 170 Å². The van der Waals surface area contributed by atoms with Gasteiger partial charge in [-0.15, -0.1) is 0 Å². The standard InChI is InChI=1S/C22H29N3O4/c1-4-14-9-13(12(2)23)10-24(14)18-8-7-16-19(21(18)29-3)25(15-5-6-15)11-17(20(16)26)22(27)28/h7-8,11-15H,4-6,9-10,23H2,1-3H3,(H,27,28)/t12?,13-,14?/m1/s1. The number of rotatable bonds is 6. The molecule has 2 unspecified atom stereocenters. The maximum Gasteiger partial charge on any atom is 0.341 e.